The molecular formula is C28H23N3O3. The first-order valence-electron chi connectivity index (χ1n) is 10.7. The zero-order valence-corrected chi connectivity index (χ0v) is 18.8. The SMILES string of the molecule is C#CCOc1c(CC=C)cc(C=Nn2c(-c3ccccc3)nc3ccccc3c2=O)cc1OC. The lowest BCUT2D eigenvalue weighted by atomic mass is 10.1. The van der Waals surface area contributed by atoms with Crippen molar-refractivity contribution in [2.75, 3.05) is 13.7 Å². The zero-order valence-electron chi connectivity index (χ0n) is 18.8. The smallest absolute Gasteiger partial charge is 0.282 e. The molecule has 6 heteroatoms. The van der Waals surface area contributed by atoms with Gasteiger partial charge in [-0.15, -0.1) is 13.0 Å². The quantitative estimate of drug-likeness (QED) is 0.222. The summed E-state index contributed by atoms with van der Waals surface area (Å²) in [5.74, 6) is 4.00. The number of terminal acetylenes is 1. The first-order chi connectivity index (χ1) is 16.7. The van der Waals surface area contributed by atoms with Gasteiger partial charge in [0.1, 0.15) is 6.61 Å². The summed E-state index contributed by atoms with van der Waals surface area (Å²) in [6.45, 7) is 3.94. The number of benzene rings is 3. The van der Waals surface area contributed by atoms with E-state index in [0.717, 1.165) is 16.7 Å². The fraction of sp³-hybridized carbons (Fsp3) is 0.107. The van der Waals surface area contributed by atoms with E-state index in [1.54, 1.807) is 31.5 Å². The summed E-state index contributed by atoms with van der Waals surface area (Å²) in [5, 5.41) is 5.02. The average Bonchev–Trinajstić information content (AvgIpc) is 2.87. The Hall–Kier alpha value is -4.63. The maximum Gasteiger partial charge on any atom is 0.282 e. The van der Waals surface area contributed by atoms with Crippen LogP contribution in [0.15, 0.2) is 89.3 Å². The van der Waals surface area contributed by atoms with Crippen molar-refractivity contribution in [3.8, 4) is 35.2 Å². The molecule has 0 saturated heterocycles. The molecule has 1 aromatic heterocycles. The molecule has 4 aromatic rings. The van der Waals surface area contributed by atoms with Gasteiger partial charge in [0.15, 0.2) is 17.3 Å². The van der Waals surface area contributed by atoms with E-state index in [0.29, 0.717) is 34.6 Å². The summed E-state index contributed by atoms with van der Waals surface area (Å²) in [6, 6.07) is 20.4. The van der Waals surface area contributed by atoms with Crippen molar-refractivity contribution in [2.24, 2.45) is 5.10 Å². The third-order valence-electron chi connectivity index (χ3n) is 5.15. The van der Waals surface area contributed by atoms with Crippen molar-refractivity contribution >= 4 is 17.1 Å². The Morgan fingerprint density at radius 2 is 1.91 bits per heavy atom. The first-order valence-corrected chi connectivity index (χ1v) is 10.7. The van der Waals surface area contributed by atoms with E-state index >= 15 is 0 Å². The molecule has 0 atom stereocenters. The number of fused-ring (bicyclic) bond motifs is 1. The van der Waals surface area contributed by atoms with Crippen molar-refractivity contribution < 1.29 is 9.47 Å². The van der Waals surface area contributed by atoms with Gasteiger partial charge in [0.05, 0.1) is 24.2 Å². The van der Waals surface area contributed by atoms with E-state index in [1.807, 2.05) is 54.6 Å². The number of para-hydroxylation sites is 1. The Kier molecular flexibility index (Phi) is 6.85. The third-order valence-corrected chi connectivity index (χ3v) is 5.15. The van der Waals surface area contributed by atoms with Gasteiger partial charge in [-0.25, -0.2) is 4.98 Å². The molecule has 0 amide bonds. The van der Waals surface area contributed by atoms with E-state index in [4.69, 9.17) is 20.9 Å². The van der Waals surface area contributed by atoms with Gasteiger partial charge in [0, 0.05) is 11.1 Å². The number of ether oxygens (including phenoxy) is 2. The fourth-order valence-electron chi connectivity index (χ4n) is 3.62. The highest BCUT2D eigenvalue weighted by atomic mass is 16.5. The van der Waals surface area contributed by atoms with Gasteiger partial charge in [-0.3, -0.25) is 4.79 Å². The van der Waals surface area contributed by atoms with Gasteiger partial charge in [-0.2, -0.15) is 9.78 Å². The summed E-state index contributed by atoms with van der Waals surface area (Å²) in [7, 11) is 1.56. The van der Waals surface area contributed by atoms with E-state index in [2.05, 4.69) is 17.6 Å². The zero-order chi connectivity index (χ0) is 23.9. The van der Waals surface area contributed by atoms with Gasteiger partial charge in [0.2, 0.25) is 0 Å². The number of nitrogens with zero attached hydrogens (tertiary/aromatic N) is 3. The van der Waals surface area contributed by atoms with Crippen LogP contribution in [0.25, 0.3) is 22.3 Å². The lowest BCUT2D eigenvalue weighted by Gasteiger charge is -2.14. The molecular weight excluding hydrogens is 426 g/mol. The summed E-state index contributed by atoms with van der Waals surface area (Å²) in [5.41, 5.74) is 2.71. The maximum atomic E-state index is 13.3. The fourth-order valence-corrected chi connectivity index (χ4v) is 3.62. The Morgan fingerprint density at radius 3 is 2.65 bits per heavy atom. The largest absolute Gasteiger partial charge is 0.493 e. The monoisotopic (exact) mass is 449 g/mol. The van der Waals surface area contributed by atoms with Crippen molar-refractivity contribution in [2.45, 2.75) is 6.42 Å². The Balaban J connectivity index is 1.86. The molecule has 0 N–H and O–H groups in total. The minimum atomic E-state index is -0.257. The molecule has 0 aliphatic heterocycles. The average molecular weight is 450 g/mol. The van der Waals surface area contributed by atoms with Crippen molar-refractivity contribution in [1.29, 1.82) is 0 Å². The van der Waals surface area contributed by atoms with Crippen LogP contribution < -0.4 is 15.0 Å². The molecule has 168 valence electrons. The van der Waals surface area contributed by atoms with Crippen LogP contribution in [-0.4, -0.2) is 29.6 Å². The van der Waals surface area contributed by atoms with Crippen LogP contribution >= 0.6 is 0 Å². The van der Waals surface area contributed by atoms with Crippen LogP contribution in [0.4, 0.5) is 0 Å². The molecule has 34 heavy (non-hydrogen) atoms. The minimum absolute atomic E-state index is 0.118. The number of aromatic nitrogens is 2. The van der Waals surface area contributed by atoms with Crippen LogP contribution in [0.5, 0.6) is 11.5 Å². The normalized spacial score (nSPS) is 10.8. The highest BCUT2D eigenvalue weighted by Crippen LogP contribution is 2.33. The lowest BCUT2D eigenvalue weighted by Crippen LogP contribution is -2.20. The number of hydrogen-bond donors (Lipinski definition) is 0. The van der Waals surface area contributed by atoms with Gasteiger partial charge < -0.3 is 9.47 Å². The van der Waals surface area contributed by atoms with E-state index in [1.165, 1.54) is 4.68 Å². The standard InChI is InChI=1S/C28H23N3O3/c1-4-11-22-17-20(18-25(33-3)26(22)34-16-5-2)19-29-31-27(21-12-7-6-8-13-21)30-24-15-10-9-14-23(24)28(31)32/h2,4,6-10,12-15,17-19H,1,11,16H2,3H3. The minimum Gasteiger partial charge on any atom is -0.493 e. The predicted molar refractivity (Wildman–Crippen MR) is 136 cm³/mol. The topological polar surface area (TPSA) is 65.7 Å². The molecule has 0 bridgehead atoms. The van der Waals surface area contributed by atoms with Crippen LogP contribution in [0.3, 0.4) is 0 Å². The third kappa shape index (κ3) is 4.59. The summed E-state index contributed by atoms with van der Waals surface area (Å²) in [4.78, 5) is 18.1. The summed E-state index contributed by atoms with van der Waals surface area (Å²) < 4.78 is 12.5. The molecule has 0 radical (unpaired) electrons. The molecule has 0 aliphatic carbocycles. The van der Waals surface area contributed by atoms with Crippen molar-refractivity contribution in [3.63, 3.8) is 0 Å². The summed E-state index contributed by atoms with van der Waals surface area (Å²) in [6.07, 6.45) is 9.27. The number of methoxy groups -OCH3 is 1. The molecule has 0 spiro atoms. The van der Waals surface area contributed by atoms with E-state index < -0.39 is 0 Å². The molecule has 3 aromatic carbocycles. The van der Waals surface area contributed by atoms with Gasteiger partial charge >= 0.3 is 0 Å². The second-order valence-corrected chi connectivity index (χ2v) is 7.38. The highest BCUT2D eigenvalue weighted by molar-refractivity contribution is 5.83. The van der Waals surface area contributed by atoms with Crippen molar-refractivity contribution in [3.05, 3.63) is 101 Å². The molecule has 6 nitrogen and oxygen atoms in total. The van der Waals surface area contributed by atoms with Crippen molar-refractivity contribution in [1.82, 2.24) is 9.66 Å². The van der Waals surface area contributed by atoms with Gasteiger partial charge in [-0.05, 0) is 36.2 Å². The Morgan fingerprint density at radius 1 is 1.15 bits per heavy atom. The number of allylic oxidation sites excluding steroid dienone is 1. The molecule has 0 saturated carbocycles. The van der Waals surface area contributed by atoms with Crippen LogP contribution in [0, 0.1) is 12.3 Å². The first kappa shape index (κ1) is 22.6. The maximum absolute atomic E-state index is 13.3. The predicted octanol–water partition coefficient (Wildman–Crippen LogP) is 4.69. The van der Waals surface area contributed by atoms with Gasteiger partial charge in [-0.1, -0.05) is 54.5 Å². The Labute approximate surface area is 197 Å². The Bertz CT molecular complexity index is 1460. The van der Waals surface area contributed by atoms with Crippen LogP contribution in [-0.2, 0) is 6.42 Å². The van der Waals surface area contributed by atoms with Crippen LogP contribution in [0.1, 0.15) is 11.1 Å². The molecule has 0 unspecified atom stereocenters. The molecule has 4 rings (SSSR count). The highest BCUT2D eigenvalue weighted by Gasteiger charge is 2.14. The molecule has 1 heterocycles. The molecule has 0 fully saturated rings. The number of hydrogen-bond acceptors (Lipinski definition) is 5. The summed E-state index contributed by atoms with van der Waals surface area (Å²) >= 11 is 0. The number of rotatable bonds is 8. The van der Waals surface area contributed by atoms with Crippen LogP contribution in [0.2, 0.25) is 0 Å². The second-order valence-electron chi connectivity index (χ2n) is 7.38. The van der Waals surface area contributed by atoms with Gasteiger partial charge in [0.25, 0.3) is 5.56 Å². The van der Waals surface area contributed by atoms with E-state index in [-0.39, 0.29) is 12.2 Å². The second kappa shape index (κ2) is 10.3. The lowest BCUT2D eigenvalue weighted by molar-refractivity contribution is 0.328. The van der Waals surface area contributed by atoms with E-state index in [9.17, 15) is 4.79 Å². The molecule has 0 aliphatic rings.